The van der Waals surface area contributed by atoms with Crippen LogP contribution in [0.3, 0.4) is 0 Å². The lowest BCUT2D eigenvalue weighted by Crippen LogP contribution is -2.20. The Morgan fingerprint density at radius 2 is 1.77 bits per heavy atom. The summed E-state index contributed by atoms with van der Waals surface area (Å²) >= 11 is 0. The average Bonchev–Trinajstić information content (AvgIpc) is 2.99. The van der Waals surface area contributed by atoms with Crippen LogP contribution < -0.4 is 14.8 Å². The van der Waals surface area contributed by atoms with Crippen molar-refractivity contribution in [2.75, 3.05) is 19.0 Å². The number of anilines is 1. The topological polar surface area (TPSA) is 73.6 Å². The zero-order chi connectivity index (χ0) is 18.5. The number of benzene rings is 2. The first kappa shape index (κ1) is 17.5. The molecule has 1 aromatic heterocycles. The second kappa shape index (κ2) is 7.74. The predicted octanol–water partition coefficient (Wildman–Crippen LogP) is 3.98. The van der Waals surface area contributed by atoms with Crippen molar-refractivity contribution >= 4 is 11.6 Å². The maximum absolute atomic E-state index is 12.1. The van der Waals surface area contributed by atoms with Crippen LogP contribution >= 0.6 is 0 Å². The lowest BCUT2D eigenvalue weighted by molar-refractivity contribution is -0.118. The van der Waals surface area contributed by atoms with Gasteiger partial charge >= 0.3 is 0 Å². The van der Waals surface area contributed by atoms with E-state index in [2.05, 4.69) is 10.5 Å². The SMILES string of the molecule is COc1ccccc1OCC(=O)Nc1ccc(-c2c(C)noc2C)cc1. The molecule has 1 amide bonds. The highest BCUT2D eigenvalue weighted by Crippen LogP contribution is 2.28. The van der Waals surface area contributed by atoms with Gasteiger partial charge in [0, 0.05) is 11.3 Å². The molecule has 1 heterocycles. The summed E-state index contributed by atoms with van der Waals surface area (Å²) in [4.78, 5) is 12.1. The van der Waals surface area contributed by atoms with Gasteiger partial charge in [0.2, 0.25) is 0 Å². The molecule has 0 unspecified atom stereocenters. The number of carbonyl (C=O) groups excluding carboxylic acids is 1. The average molecular weight is 352 g/mol. The Bertz CT molecular complexity index is 881. The number of aryl methyl sites for hydroxylation is 2. The van der Waals surface area contributed by atoms with E-state index in [1.807, 2.05) is 50.2 Å². The first-order chi connectivity index (χ1) is 12.6. The number of nitrogens with zero attached hydrogens (tertiary/aromatic N) is 1. The first-order valence-electron chi connectivity index (χ1n) is 8.17. The van der Waals surface area contributed by atoms with Crippen LogP contribution in [-0.4, -0.2) is 24.8 Å². The van der Waals surface area contributed by atoms with Crippen molar-refractivity contribution in [1.82, 2.24) is 5.16 Å². The summed E-state index contributed by atoms with van der Waals surface area (Å²) in [6, 6.07) is 14.7. The van der Waals surface area contributed by atoms with E-state index in [1.54, 1.807) is 19.2 Å². The fourth-order valence-electron chi connectivity index (χ4n) is 2.69. The summed E-state index contributed by atoms with van der Waals surface area (Å²) in [6.45, 7) is 3.67. The van der Waals surface area contributed by atoms with Crippen LogP contribution in [0.15, 0.2) is 53.1 Å². The third kappa shape index (κ3) is 3.85. The molecule has 0 fully saturated rings. The minimum Gasteiger partial charge on any atom is -0.493 e. The normalized spacial score (nSPS) is 10.4. The van der Waals surface area contributed by atoms with Gasteiger partial charge in [-0.3, -0.25) is 4.79 Å². The predicted molar refractivity (Wildman–Crippen MR) is 98.5 cm³/mol. The van der Waals surface area contributed by atoms with Crippen molar-refractivity contribution in [3.63, 3.8) is 0 Å². The van der Waals surface area contributed by atoms with Gasteiger partial charge in [-0.1, -0.05) is 29.4 Å². The van der Waals surface area contributed by atoms with Crippen molar-refractivity contribution in [3.8, 4) is 22.6 Å². The summed E-state index contributed by atoms with van der Waals surface area (Å²) < 4.78 is 15.9. The van der Waals surface area contributed by atoms with Gasteiger partial charge in [0.1, 0.15) is 5.76 Å². The standard InChI is InChI=1S/C20H20N2O4/c1-13-20(14(2)26-22-13)15-8-10-16(11-9-15)21-19(23)12-25-18-7-5-4-6-17(18)24-3/h4-11H,12H2,1-3H3,(H,21,23). The Balaban J connectivity index is 1.61. The highest BCUT2D eigenvalue weighted by molar-refractivity contribution is 5.92. The van der Waals surface area contributed by atoms with Gasteiger partial charge in [0.25, 0.3) is 5.91 Å². The van der Waals surface area contributed by atoms with E-state index in [4.69, 9.17) is 14.0 Å². The third-order valence-corrected chi connectivity index (χ3v) is 3.92. The van der Waals surface area contributed by atoms with Gasteiger partial charge in [-0.05, 0) is 43.7 Å². The number of rotatable bonds is 6. The van der Waals surface area contributed by atoms with Crippen LogP contribution in [0.2, 0.25) is 0 Å². The zero-order valence-electron chi connectivity index (χ0n) is 14.9. The minimum atomic E-state index is -0.249. The summed E-state index contributed by atoms with van der Waals surface area (Å²) in [5.41, 5.74) is 3.49. The number of hydrogen-bond donors (Lipinski definition) is 1. The zero-order valence-corrected chi connectivity index (χ0v) is 14.9. The summed E-state index contributed by atoms with van der Waals surface area (Å²) in [5, 5.41) is 6.77. The molecule has 0 aliphatic rings. The van der Waals surface area contributed by atoms with Crippen molar-refractivity contribution < 1.29 is 18.8 Å². The van der Waals surface area contributed by atoms with E-state index >= 15 is 0 Å². The van der Waals surface area contributed by atoms with Crippen LogP contribution in [-0.2, 0) is 4.79 Å². The molecule has 0 saturated carbocycles. The molecule has 6 nitrogen and oxygen atoms in total. The first-order valence-corrected chi connectivity index (χ1v) is 8.17. The Morgan fingerprint density at radius 3 is 2.38 bits per heavy atom. The number of amides is 1. The van der Waals surface area contributed by atoms with Crippen molar-refractivity contribution in [2.24, 2.45) is 0 Å². The number of methoxy groups -OCH3 is 1. The fourth-order valence-corrected chi connectivity index (χ4v) is 2.69. The van der Waals surface area contributed by atoms with Crippen molar-refractivity contribution in [2.45, 2.75) is 13.8 Å². The van der Waals surface area contributed by atoms with E-state index < -0.39 is 0 Å². The summed E-state index contributed by atoms with van der Waals surface area (Å²) in [6.07, 6.45) is 0. The molecule has 134 valence electrons. The number of aromatic nitrogens is 1. The monoisotopic (exact) mass is 352 g/mol. The van der Waals surface area contributed by atoms with Crippen LogP contribution in [0.5, 0.6) is 11.5 Å². The number of para-hydroxylation sites is 2. The Labute approximate surface area is 151 Å². The molecule has 0 aliphatic carbocycles. The summed E-state index contributed by atoms with van der Waals surface area (Å²) in [5.74, 6) is 1.63. The quantitative estimate of drug-likeness (QED) is 0.726. The molecule has 0 bridgehead atoms. The number of carbonyl (C=O) groups is 1. The second-order valence-electron chi connectivity index (χ2n) is 5.76. The highest BCUT2D eigenvalue weighted by Gasteiger charge is 2.12. The van der Waals surface area contributed by atoms with Crippen molar-refractivity contribution in [3.05, 3.63) is 60.0 Å². The molecule has 6 heteroatoms. The maximum Gasteiger partial charge on any atom is 0.262 e. The Morgan fingerprint density at radius 1 is 1.08 bits per heavy atom. The molecular formula is C20H20N2O4. The highest BCUT2D eigenvalue weighted by atomic mass is 16.5. The number of nitrogens with one attached hydrogen (secondary N) is 1. The number of hydrogen-bond acceptors (Lipinski definition) is 5. The largest absolute Gasteiger partial charge is 0.493 e. The molecular weight excluding hydrogens is 332 g/mol. The van der Waals surface area contributed by atoms with E-state index in [9.17, 15) is 4.79 Å². The lowest BCUT2D eigenvalue weighted by atomic mass is 10.0. The molecule has 2 aromatic carbocycles. The maximum atomic E-state index is 12.1. The Kier molecular flexibility index (Phi) is 5.22. The molecule has 0 saturated heterocycles. The van der Waals surface area contributed by atoms with Crippen LogP contribution in [0.25, 0.3) is 11.1 Å². The van der Waals surface area contributed by atoms with Crippen molar-refractivity contribution in [1.29, 1.82) is 0 Å². The van der Waals surface area contributed by atoms with Crippen LogP contribution in [0, 0.1) is 13.8 Å². The fraction of sp³-hybridized carbons (Fsp3) is 0.200. The molecule has 0 spiro atoms. The minimum absolute atomic E-state index is 0.105. The van der Waals surface area contributed by atoms with Gasteiger partial charge in [-0.15, -0.1) is 0 Å². The molecule has 3 rings (SSSR count). The van der Waals surface area contributed by atoms with Gasteiger partial charge in [-0.2, -0.15) is 0 Å². The lowest BCUT2D eigenvalue weighted by Gasteiger charge is -2.10. The molecule has 0 atom stereocenters. The van der Waals surface area contributed by atoms with Crippen LogP contribution in [0.1, 0.15) is 11.5 Å². The van der Waals surface area contributed by atoms with E-state index in [0.29, 0.717) is 17.2 Å². The molecule has 26 heavy (non-hydrogen) atoms. The van der Waals surface area contributed by atoms with E-state index in [1.165, 1.54) is 0 Å². The van der Waals surface area contributed by atoms with E-state index in [-0.39, 0.29) is 12.5 Å². The molecule has 0 radical (unpaired) electrons. The van der Waals surface area contributed by atoms with E-state index in [0.717, 1.165) is 22.6 Å². The summed E-state index contributed by atoms with van der Waals surface area (Å²) in [7, 11) is 1.56. The smallest absolute Gasteiger partial charge is 0.262 e. The molecule has 3 aromatic rings. The van der Waals surface area contributed by atoms with Gasteiger partial charge < -0.3 is 19.3 Å². The van der Waals surface area contributed by atoms with Gasteiger partial charge in [-0.25, -0.2) is 0 Å². The van der Waals surface area contributed by atoms with Gasteiger partial charge in [0.15, 0.2) is 18.1 Å². The Hall–Kier alpha value is -3.28. The number of ether oxygens (including phenoxy) is 2. The molecule has 0 aliphatic heterocycles. The molecule has 1 N–H and O–H groups in total. The van der Waals surface area contributed by atoms with Crippen LogP contribution in [0.4, 0.5) is 5.69 Å². The van der Waals surface area contributed by atoms with Gasteiger partial charge in [0.05, 0.1) is 12.8 Å². The second-order valence-corrected chi connectivity index (χ2v) is 5.76. The third-order valence-electron chi connectivity index (χ3n) is 3.92.